The van der Waals surface area contributed by atoms with Crippen molar-refractivity contribution in [1.29, 1.82) is 5.26 Å². The zero-order valence-electron chi connectivity index (χ0n) is 18.2. The number of carbonyl (C=O) groups is 1. The number of amides is 1. The summed E-state index contributed by atoms with van der Waals surface area (Å²) in [4.78, 5) is 30.6. The lowest BCUT2D eigenvalue weighted by Gasteiger charge is -2.33. The van der Waals surface area contributed by atoms with Gasteiger partial charge in [-0.1, -0.05) is 37.3 Å². The molecule has 0 bridgehead atoms. The van der Waals surface area contributed by atoms with Crippen molar-refractivity contribution < 1.29 is 9.18 Å². The molecule has 1 aliphatic rings. The minimum Gasteiger partial charge on any atom is -0.335 e. The average molecular weight is 463 g/mol. The van der Waals surface area contributed by atoms with Crippen molar-refractivity contribution in [2.45, 2.75) is 6.92 Å². The summed E-state index contributed by atoms with van der Waals surface area (Å²) in [5.41, 5.74) is 0.784. The molecule has 2 heterocycles. The molecule has 0 spiro atoms. The third-order valence-electron chi connectivity index (χ3n) is 5.65. The Morgan fingerprint density at radius 1 is 1.09 bits per heavy atom. The predicted molar refractivity (Wildman–Crippen MR) is 127 cm³/mol. The largest absolute Gasteiger partial charge is 0.335 e. The van der Waals surface area contributed by atoms with Gasteiger partial charge in [0.05, 0.1) is 10.2 Å². The standard InChI is InChI=1S/C25H23FN4O2S/c1-2-28-12-14-29(15-13-28)23(31)21(17-27)25-30(20-10-8-19(26)9-11-20)24(32)22(33-25)16-18-6-4-3-5-7-18/h3-11,16H,2,12-15H2,1H3. The fourth-order valence-corrected chi connectivity index (χ4v) is 4.88. The molecule has 6 nitrogen and oxygen atoms in total. The van der Waals surface area contributed by atoms with Crippen molar-refractivity contribution >= 4 is 28.9 Å². The Morgan fingerprint density at radius 3 is 2.36 bits per heavy atom. The van der Waals surface area contributed by atoms with Crippen LogP contribution in [0.5, 0.6) is 0 Å². The summed E-state index contributed by atoms with van der Waals surface area (Å²) in [7, 11) is 0. The molecule has 33 heavy (non-hydrogen) atoms. The minimum atomic E-state index is -0.436. The van der Waals surface area contributed by atoms with Crippen LogP contribution in [0.4, 0.5) is 4.39 Å². The molecule has 0 unspecified atom stereocenters. The third-order valence-corrected chi connectivity index (χ3v) is 6.74. The Balaban J connectivity index is 1.91. The summed E-state index contributed by atoms with van der Waals surface area (Å²) in [6, 6.07) is 16.8. The number of halogens is 1. The van der Waals surface area contributed by atoms with E-state index in [2.05, 4.69) is 11.8 Å². The number of piperazine rings is 1. The van der Waals surface area contributed by atoms with Gasteiger partial charge in [0.2, 0.25) is 0 Å². The van der Waals surface area contributed by atoms with Crippen LogP contribution in [0.2, 0.25) is 0 Å². The number of aromatic nitrogens is 1. The maximum atomic E-state index is 13.5. The van der Waals surface area contributed by atoms with Gasteiger partial charge in [0.1, 0.15) is 16.5 Å². The van der Waals surface area contributed by atoms with E-state index in [-0.39, 0.29) is 15.8 Å². The number of carbonyl (C=O) groups excluding carboxylic acids is 1. The SMILES string of the molecule is CCN1CCN(C(=O)C(C#N)=c2sc(=Cc3ccccc3)c(=O)n2-c2ccc(F)cc2)CC1. The maximum absolute atomic E-state index is 13.5. The lowest BCUT2D eigenvalue weighted by atomic mass is 10.2. The van der Waals surface area contributed by atoms with E-state index in [0.29, 0.717) is 23.3 Å². The molecule has 8 heteroatoms. The first-order chi connectivity index (χ1) is 16.0. The lowest BCUT2D eigenvalue weighted by Crippen LogP contribution is -2.49. The van der Waals surface area contributed by atoms with Crippen LogP contribution < -0.4 is 14.8 Å². The van der Waals surface area contributed by atoms with E-state index in [4.69, 9.17) is 0 Å². The van der Waals surface area contributed by atoms with Gasteiger partial charge in [-0.25, -0.2) is 4.39 Å². The summed E-state index contributed by atoms with van der Waals surface area (Å²) in [6.07, 6.45) is 1.73. The van der Waals surface area contributed by atoms with Crippen LogP contribution in [0.25, 0.3) is 17.3 Å². The van der Waals surface area contributed by atoms with Gasteiger partial charge < -0.3 is 9.80 Å². The summed E-state index contributed by atoms with van der Waals surface area (Å²) in [5, 5.41) is 9.96. The average Bonchev–Trinajstić information content (AvgIpc) is 3.16. The van der Waals surface area contributed by atoms with E-state index in [1.165, 1.54) is 28.8 Å². The Morgan fingerprint density at radius 2 is 1.76 bits per heavy atom. The van der Waals surface area contributed by atoms with E-state index >= 15 is 0 Å². The molecule has 1 fully saturated rings. The monoisotopic (exact) mass is 462 g/mol. The van der Waals surface area contributed by atoms with E-state index in [1.54, 1.807) is 11.0 Å². The highest BCUT2D eigenvalue weighted by atomic mass is 32.1. The first kappa shape index (κ1) is 22.6. The zero-order valence-corrected chi connectivity index (χ0v) is 19.0. The lowest BCUT2D eigenvalue weighted by molar-refractivity contribution is -0.126. The van der Waals surface area contributed by atoms with Crippen molar-refractivity contribution in [3.63, 3.8) is 0 Å². The number of thiazole rings is 1. The second-order valence-electron chi connectivity index (χ2n) is 7.66. The Bertz CT molecular complexity index is 1360. The van der Waals surface area contributed by atoms with E-state index in [0.717, 1.165) is 36.5 Å². The van der Waals surface area contributed by atoms with Gasteiger partial charge in [0, 0.05) is 26.2 Å². The highest BCUT2D eigenvalue weighted by Gasteiger charge is 2.25. The van der Waals surface area contributed by atoms with Gasteiger partial charge in [0.15, 0.2) is 5.57 Å². The fraction of sp³-hybridized carbons (Fsp3) is 0.240. The molecule has 0 saturated carbocycles. The molecule has 2 aromatic carbocycles. The van der Waals surface area contributed by atoms with Crippen LogP contribution in [0.15, 0.2) is 59.4 Å². The second kappa shape index (κ2) is 9.94. The van der Waals surface area contributed by atoms with Crippen LogP contribution in [0.1, 0.15) is 12.5 Å². The third kappa shape index (κ3) is 4.80. The van der Waals surface area contributed by atoms with Gasteiger partial charge in [0.25, 0.3) is 11.5 Å². The summed E-state index contributed by atoms with van der Waals surface area (Å²) < 4.78 is 15.5. The smallest absolute Gasteiger partial charge is 0.273 e. The number of benzene rings is 2. The van der Waals surface area contributed by atoms with Crippen molar-refractivity contribution in [3.8, 4) is 11.8 Å². The van der Waals surface area contributed by atoms with Crippen molar-refractivity contribution in [1.82, 2.24) is 14.4 Å². The summed E-state index contributed by atoms with van der Waals surface area (Å²) >= 11 is 1.09. The summed E-state index contributed by atoms with van der Waals surface area (Å²) in [6.45, 7) is 5.50. The maximum Gasteiger partial charge on any atom is 0.273 e. The van der Waals surface area contributed by atoms with Gasteiger partial charge >= 0.3 is 0 Å². The molecule has 4 rings (SSSR count). The van der Waals surface area contributed by atoms with Gasteiger partial charge in [-0.15, -0.1) is 11.3 Å². The van der Waals surface area contributed by atoms with Crippen LogP contribution >= 0.6 is 11.3 Å². The minimum absolute atomic E-state index is 0.0842. The number of hydrogen-bond acceptors (Lipinski definition) is 5. The van der Waals surface area contributed by atoms with Crippen LogP contribution in [0.3, 0.4) is 0 Å². The number of nitrogens with zero attached hydrogens (tertiary/aromatic N) is 4. The van der Waals surface area contributed by atoms with E-state index in [1.807, 2.05) is 36.4 Å². The molecule has 1 aliphatic heterocycles. The molecule has 1 saturated heterocycles. The van der Waals surface area contributed by atoms with Gasteiger partial charge in [-0.05, 0) is 42.4 Å². The van der Waals surface area contributed by atoms with Crippen molar-refractivity contribution in [3.05, 3.63) is 85.5 Å². The fourth-order valence-electron chi connectivity index (χ4n) is 3.79. The highest BCUT2D eigenvalue weighted by Crippen LogP contribution is 2.10. The second-order valence-corrected chi connectivity index (χ2v) is 8.69. The first-order valence-corrected chi connectivity index (χ1v) is 11.5. The number of hydrogen-bond donors (Lipinski definition) is 0. The Kier molecular flexibility index (Phi) is 6.82. The molecule has 168 valence electrons. The van der Waals surface area contributed by atoms with E-state index in [9.17, 15) is 19.2 Å². The van der Waals surface area contributed by atoms with Gasteiger partial charge in [-0.2, -0.15) is 5.26 Å². The number of rotatable bonds is 4. The predicted octanol–water partition coefficient (Wildman–Crippen LogP) is 1.71. The molecule has 0 N–H and O–H groups in total. The molecule has 0 aliphatic carbocycles. The molecule has 3 aromatic rings. The molecule has 1 amide bonds. The normalized spacial score (nSPS) is 15.9. The summed E-state index contributed by atoms with van der Waals surface area (Å²) in [5.74, 6) is -0.828. The molecular formula is C25H23FN4O2S. The van der Waals surface area contributed by atoms with E-state index < -0.39 is 11.7 Å². The number of nitriles is 1. The van der Waals surface area contributed by atoms with Crippen LogP contribution in [-0.4, -0.2) is 53.0 Å². The quantitative estimate of drug-likeness (QED) is 0.592. The molecular weight excluding hydrogens is 439 g/mol. The molecule has 0 atom stereocenters. The van der Waals surface area contributed by atoms with Gasteiger partial charge in [-0.3, -0.25) is 14.2 Å². The topological polar surface area (TPSA) is 69.3 Å². The Hall–Kier alpha value is -3.54. The van der Waals surface area contributed by atoms with Crippen molar-refractivity contribution in [2.75, 3.05) is 32.7 Å². The Labute approximate surface area is 194 Å². The van der Waals surface area contributed by atoms with Crippen molar-refractivity contribution in [2.24, 2.45) is 0 Å². The molecule has 1 aromatic heterocycles. The number of likely N-dealkylation sites (N-methyl/N-ethyl adjacent to an activating group) is 1. The van der Waals surface area contributed by atoms with Crippen LogP contribution in [0, 0.1) is 17.1 Å². The highest BCUT2D eigenvalue weighted by molar-refractivity contribution is 7.07. The first-order valence-electron chi connectivity index (χ1n) is 10.7. The molecule has 0 radical (unpaired) electrons. The van der Waals surface area contributed by atoms with Crippen LogP contribution in [-0.2, 0) is 4.79 Å². The zero-order chi connectivity index (χ0) is 23.4.